The van der Waals surface area contributed by atoms with Gasteiger partial charge in [0, 0.05) is 11.1 Å². The average molecular weight is 272 g/mol. The van der Waals surface area contributed by atoms with Gasteiger partial charge in [0.15, 0.2) is 0 Å². The zero-order valence-corrected chi connectivity index (χ0v) is 11.8. The van der Waals surface area contributed by atoms with Gasteiger partial charge in [0.25, 0.3) is 0 Å². The first-order valence-corrected chi connectivity index (χ1v) is 6.97. The lowest BCUT2D eigenvalue weighted by Crippen LogP contribution is -2.08. The largest absolute Gasteiger partial charge is 0.396 e. The number of nitrogens with zero attached hydrogens (tertiary/aromatic N) is 2. The third-order valence-electron chi connectivity index (χ3n) is 2.89. The Morgan fingerprint density at radius 3 is 2.95 bits per heavy atom. The molecule has 1 atom stereocenters. The Kier molecular flexibility index (Phi) is 4.03. The van der Waals surface area contributed by atoms with Crippen LogP contribution in [0.5, 0.6) is 0 Å². The fourth-order valence-corrected chi connectivity index (χ4v) is 2.63. The molecule has 1 heterocycles. The molecule has 98 valence electrons. The van der Waals surface area contributed by atoms with E-state index in [1.54, 1.807) is 17.4 Å². The van der Waals surface area contributed by atoms with Crippen molar-refractivity contribution in [2.75, 3.05) is 11.1 Å². The third-order valence-corrected chi connectivity index (χ3v) is 4.21. The first-order chi connectivity index (χ1) is 9.15. The van der Waals surface area contributed by atoms with Crippen LogP contribution in [0.15, 0.2) is 24.4 Å². The van der Waals surface area contributed by atoms with Crippen molar-refractivity contribution < 1.29 is 0 Å². The first kappa shape index (κ1) is 13.4. The molecule has 19 heavy (non-hydrogen) atoms. The molecule has 0 amide bonds. The molecule has 0 aliphatic heterocycles. The summed E-state index contributed by atoms with van der Waals surface area (Å²) < 4.78 is 0. The van der Waals surface area contributed by atoms with Crippen molar-refractivity contribution in [2.24, 2.45) is 0 Å². The highest BCUT2D eigenvalue weighted by molar-refractivity contribution is 7.11. The second kappa shape index (κ2) is 5.72. The van der Waals surface area contributed by atoms with E-state index in [4.69, 9.17) is 11.0 Å². The van der Waals surface area contributed by atoms with Gasteiger partial charge < -0.3 is 11.1 Å². The van der Waals surface area contributed by atoms with Crippen molar-refractivity contribution in [2.45, 2.75) is 26.3 Å². The maximum absolute atomic E-state index is 8.96. The highest BCUT2D eigenvalue weighted by Gasteiger charge is 2.12. The van der Waals surface area contributed by atoms with E-state index in [2.05, 4.69) is 23.3 Å². The van der Waals surface area contributed by atoms with Crippen molar-refractivity contribution in [1.29, 1.82) is 5.26 Å². The average Bonchev–Trinajstić information content (AvgIpc) is 2.90. The van der Waals surface area contributed by atoms with E-state index in [1.807, 2.05) is 25.3 Å². The molecule has 2 rings (SSSR count). The van der Waals surface area contributed by atoms with Gasteiger partial charge in [-0.05, 0) is 25.5 Å². The third kappa shape index (κ3) is 2.85. The summed E-state index contributed by atoms with van der Waals surface area (Å²) in [6, 6.07) is 7.57. The van der Waals surface area contributed by atoms with E-state index >= 15 is 0 Å². The molecule has 0 bridgehead atoms. The van der Waals surface area contributed by atoms with Crippen LogP contribution in [0.4, 0.5) is 11.4 Å². The number of hydrogen-bond donors (Lipinski definition) is 2. The Bertz CT molecular complexity index is 612. The number of nitrogens with one attached hydrogen (secondary N) is 1. The number of rotatable bonds is 4. The molecule has 0 saturated heterocycles. The SMILES string of the molecule is CCc1cnc(C(C)Nc2cccc(C#N)c2N)s1. The Morgan fingerprint density at radius 2 is 2.32 bits per heavy atom. The minimum atomic E-state index is 0.0709. The quantitative estimate of drug-likeness (QED) is 0.837. The first-order valence-electron chi connectivity index (χ1n) is 6.15. The Balaban J connectivity index is 2.19. The molecule has 0 spiro atoms. The minimum Gasteiger partial charge on any atom is -0.396 e. The number of hydrogen-bond acceptors (Lipinski definition) is 5. The van der Waals surface area contributed by atoms with Crippen LogP contribution >= 0.6 is 11.3 Å². The molecule has 0 aliphatic rings. The zero-order chi connectivity index (χ0) is 13.8. The summed E-state index contributed by atoms with van der Waals surface area (Å²) in [5.74, 6) is 0. The van der Waals surface area contributed by atoms with Crippen molar-refractivity contribution in [3.8, 4) is 6.07 Å². The lowest BCUT2D eigenvalue weighted by molar-refractivity contribution is 0.870. The minimum absolute atomic E-state index is 0.0709. The summed E-state index contributed by atoms with van der Waals surface area (Å²) in [5, 5.41) is 13.3. The standard InChI is InChI=1S/C14H16N4S/c1-3-11-8-17-14(19-11)9(2)18-12-6-4-5-10(7-15)13(12)16/h4-6,8-9,18H,3,16H2,1-2H3. The number of aromatic nitrogens is 1. The van der Waals surface area contributed by atoms with Crippen LogP contribution in [-0.4, -0.2) is 4.98 Å². The lowest BCUT2D eigenvalue weighted by Gasteiger charge is -2.15. The molecule has 3 N–H and O–H groups in total. The van der Waals surface area contributed by atoms with Gasteiger partial charge in [-0.2, -0.15) is 5.26 Å². The van der Waals surface area contributed by atoms with Crippen molar-refractivity contribution in [1.82, 2.24) is 4.98 Å². The summed E-state index contributed by atoms with van der Waals surface area (Å²) >= 11 is 1.70. The number of para-hydroxylation sites is 1. The molecule has 0 saturated carbocycles. The van der Waals surface area contributed by atoms with Gasteiger partial charge >= 0.3 is 0 Å². The molecule has 2 aromatic rings. The molecule has 4 nitrogen and oxygen atoms in total. The summed E-state index contributed by atoms with van der Waals surface area (Å²) in [6.45, 7) is 4.15. The van der Waals surface area contributed by atoms with Gasteiger partial charge in [-0.3, -0.25) is 0 Å². The van der Waals surface area contributed by atoms with E-state index in [9.17, 15) is 0 Å². The van der Waals surface area contributed by atoms with Gasteiger partial charge in [0.1, 0.15) is 11.1 Å². The predicted molar refractivity (Wildman–Crippen MR) is 79.1 cm³/mol. The fourth-order valence-electron chi connectivity index (χ4n) is 1.77. The maximum atomic E-state index is 8.96. The summed E-state index contributed by atoms with van der Waals surface area (Å²) in [4.78, 5) is 5.67. The van der Waals surface area contributed by atoms with E-state index in [0.717, 1.165) is 17.1 Å². The number of thiazole rings is 1. The number of nitriles is 1. The summed E-state index contributed by atoms with van der Waals surface area (Å²) in [5.41, 5.74) is 7.71. The molecular weight excluding hydrogens is 256 g/mol. The summed E-state index contributed by atoms with van der Waals surface area (Å²) in [6.07, 6.45) is 2.91. The topological polar surface area (TPSA) is 74.7 Å². The van der Waals surface area contributed by atoms with Crippen LogP contribution in [0.1, 0.15) is 35.3 Å². The van der Waals surface area contributed by atoms with Gasteiger partial charge in [-0.1, -0.05) is 13.0 Å². The van der Waals surface area contributed by atoms with Crippen molar-refractivity contribution >= 4 is 22.7 Å². The van der Waals surface area contributed by atoms with Crippen LogP contribution in [0.3, 0.4) is 0 Å². The Labute approximate surface area is 116 Å². The smallest absolute Gasteiger partial charge is 0.115 e. The van der Waals surface area contributed by atoms with Crippen molar-refractivity contribution in [3.05, 3.63) is 39.8 Å². The fraction of sp³-hybridized carbons (Fsp3) is 0.286. The number of benzene rings is 1. The Hall–Kier alpha value is -2.06. The van der Waals surface area contributed by atoms with Crippen LogP contribution in [-0.2, 0) is 6.42 Å². The van der Waals surface area contributed by atoms with Gasteiger partial charge in [0.2, 0.25) is 0 Å². The molecule has 5 heteroatoms. The lowest BCUT2D eigenvalue weighted by atomic mass is 10.1. The molecule has 0 aliphatic carbocycles. The summed E-state index contributed by atoms with van der Waals surface area (Å²) in [7, 11) is 0. The predicted octanol–water partition coefficient (Wildman–Crippen LogP) is 3.33. The molecule has 0 radical (unpaired) electrons. The zero-order valence-electron chi connectivity index (χ0n) is 11.0. The number of nitrogen functional groups attached to an aromatic ring is 1. The highest BCUT2D eigenvalue weighted by Crippen LogP contribution is 2.28. The van der Waals surface area contributed by atoms with Gasteiger partial charge in [0.05, 0.1) is 23.0 Å². The van der Waals surface area contributed by atoms with Crippen LogP contribution < -0.4 is 11.1 Å². The van der Waals surface area contributed by atoms with E-state index in [1.165, 1.54) is 4.88 Å². The van der Waals surface area contributed by atoms with Crippen molar-refractivity contribution in [3.63, 3.8) is 0 Å². The molecule has 1 aromatic heterocycles. The van der Waals surface area contributed by atoms with Crippen LogP contribution in [0.25, 0.3) is 0 Å². The van der Waals surface area contributed by atoms with E-state index in [0.29, 0.717) is 11.3 Å². The number of anilines is 2. The van der Waals surface area contributed by atoms with E-state index < -0.39 is 0 Å². The molecular formula is C14H16N4S. The molecule has 1 aromatic carbocycles. The molecule has 1 unspecified atom stereocenters. The van der Waals surface area contributed by atoms with Crippen LogP contribution in [0.2, 0.25) is 0 Å². The van der Waals surface area contributed by atoms with Crippen LogP contribution in [0, 0.1) is 11.3 Å². The highest BCUT2D eigenvalue weighted by atomic mass is 32.1. The molecule has 0 fully saturated rings. The number of nitrogens with two attached hydrogens (primary N) is 1. The second-order valence-corrected chi connectivity index (χ2v) is 5.41. The van der Waals surface area contributed by atoms with Gasteiger partial charge in [-0.25, -0.2) is 4.98 Å². The Morgan fingerprint density at radius 1 is 1.53 bits per heavy atom. The normalized spacial score (nSPS) is 11.8. The monoisotopic (exact) mass is 272 g/mol. The maximum Gasteiger partial charge on any atom is 0.115 e. The van der Waals surface area contributed by atoms with E-state index in [-0.39, 0.29) is 6.04 Å². The second-order valence-electron chi connectivity index (χ2n) is 4.26. The number of aryl methyl sites for hydroxylation is 1. The van der Waals surface area contributed by atoms with Gasteiger partial charge in [-0.15, -0.1) is 11.3 Å².